The second-order valence-corrected chi connectivity index (χ2v) is 6.11. The third kappa shape index (κ3) is 2.55. The molecule has 1 saturated heterocycles. The normalized spacial score (nSPS) is 20.8. The van der Waals surface area contributed by atoms with E-state index >= 15 is 0 Å². The van der Waals surface area contributed by atoms with Crippen LogP contribution in [0.15, 0.2) is 12.3 Å². The number of aryl methyl sites for hydroxylation is 1. The van der Waals surface area contributed by atoms with E-state index in [2.05, 4.69) is 44.9 Å². The lowest BCUT2D eigenvalue weighted by Gasteiger charge is -2.32. The maximum atomic E-state index is 6.13. The van der Waals surface area contributed by atoms with Gasteiger partial charge in [0.25, 0.3) is 0 Å². The molecule has 0 unspecified atom stereocenters. The summed E-state index contributed by atoms with van der Waals surface area (Å²) < 4.78 is 12.3. The van der Waals surface area contributed by atoms with E-state index in [0.717, 1.165) is 16.7 Å². The third-order valence-corrected chi connectivity index (χ3v) is 4.12. The smallest absolute Gasteiger partial charge is 0.399 e. The molecule has 104 valence electrons. The zero-order valence-electron chi connectivity index (χ0n) is 12.7. The van der Waals surface area contributed by atoms with Gasteiger partial charge >= 0.3 is 7.12 Å². The van der Waals surface area contributed by atoms with Crippen molar-refractivity contribution in [1.82, 2.24) is 10.3 Å². The highest BCUT2D eigenvalue weighted by Crippen LogP contribution is 2.36. The molecule has 19 heavy (non-hydrogen) atoms. The van der Waals surface area contributed by atoms with Gasteiger partial charge in [-0.1, -0.05) is 0 Å². The molecule has 2 heterocycles. The zero-order valence-corrected chi connectivity index (χ0v) is 12.7. The maximum Gasteiger partial charge on any atom is 0.497 e. The van der Waals surface area contributed by atoms with Gasteiger partial charge in [0, 0.05) is 18.2 Å². The summed E-state index contributed by atoms with van der Waals surface area (Å²) in [4.78, 5) is 4.45. The van der Waals surface area contributed by atoms with Gasteiger partial charge in [0.05, 0.1) is 16.9 Å². The number of hydrogen-bond acceptors (Lipinski definition) is 4. The molecule has 0 aliphatic carbocycles. The first-order valence-electron chi connectivity index (χ1n) is 6.73. The molecule has 0 spiro atoms. The molecule has 0 radical (unpaired) electrons. The van der Waals surface area contributed by atoms with Crippen LogP contribution < -0.4 is 10.8 Å². The van der Waals surface area contributed by atoms with Crippen LogP contribution in [0.4, 0.5) is 0 Å². The average molecular weight is 262 g/mol. The molecule has 1 aromatic rings. The van der Waals surface area contributed by atoms with E-state index in [9.17, 15) is 0 Å². The monoisotopic (exact) mass is 262 g/mol. The summed E-state index contributed by atoms with van der Waals surface area (Å²) in [6, 6.07) is 2.00. The van der Waals surface area contributed by atoms with Gasteiger partial charge in [-0.15, -0.1) is 0 Å². The molecule has 5 heteroatoms. The SMILES string of the molecule is CNCc1nccc(C)c1B1OC(C)(C)C(C)(C)O1. The number of nitrogens with zero attached hydrogens (tertiary/aromatic N) is 1. The Morgan fingerprint density at radius 3 is 2.32 bits per heavy atom. The molecule has 0 amide bonds. The Balaban J connectivity index is 2.39. The summed E-state index contributed by atoms with van der Waals surface area (Å²) in [6.07, 6.45) is 1.83. The minimum atomic E-state index is -0.345. The van der Waals surface area contributed by atoms with Crippen LogP contribution in [0, 0.1) is 6.92 Å². The van der Waals surface area contributed by atoms with E-state index in [0.29, 0.717) is 6.54 Å². The second kappa shape index (κ2) is 4.89. The standard InChI is InChI=1S/C14H23BN2O2/c1-10-7-8-17-11(9-16-6)12(10)15-18-13(2,3)14(4,5)19-15/h7-8,16H,9H2,1-6H3. The van der Waals surface area contributed by atoms with Crippen molar-refractivity contribution < 1.29 is 9.31 Å². The van der Waals surface area contributed by atoms with E-state index in [-0.39, 0.29) is 18.3 Å². The van der Waals surface area contributed by atoms with E-state index < -0.39 is 0 Å². The number of aromatic nitrogens is 1. The fourth-order valence-electron chi connectivity index (χ4n) is 2.22. The molecule has 1 aromatic heterocycles. The molecule has 4 nitrogen and oxygen atoms in total. The summed E-state index contributed by atoms with van der Waals surface area (Å²) in [5.74, 6) is 0. The maximum absolute atomic E-state index is 6.13. The molecular weight excluding hydrogens is 239 g/mol. The topological polar surface area (TPSA) is 43.4 Å². The van der Waals surface area contributed by atoms with Gasteiger partial charge in [-0.05, 0) is 53.3 Å². The quantitative estimate of drug-likeness (QED) is 0.836. The van der Waals surface area contributed by atoms with Gasteiger partial charge in [-0.2, -0.15) is 0 Å². The van der Waals surface area contributed by atoms with Crippen LogP contribution in [0.3, 0.4) is 0 Å². The zero-order chi connectivity index (χ0) is 14.3. The molecule has 1 N–H and O–H groups in total. The van der Waals surface area contributed by atoms with E-state index in [4.69, 9.17) is 9.31 Å². The predicted octanol–water partition coefficient (Wildman–Crippen LogP) is 1.41. The minimum absolute atomic E-state index is 0.323. The number of hydrogen-bond donors (Lipinski definition) is 1. The molecule has 0 saturated carbocycles. The van der Waals surface area contributed by atoms with Crippen molar-refractivity contribution in [3.8, 4) is 0 Å². The minimum Gasteiger partial charge on any atom is -0.399 e. The van der Waals surface area contributed by atoms with Gasteiger partial charge < -0.3 is 14.6 Å². The average Bonchev–Trinajstić information content (AvgIpc) is 2.48. The Morgan fingerprint density at radius 1 is 1.21 bits per heavy atom. The largest absolute Gasteiger partial charge is 0.497 e. The summed E-state index contributed by atoms with van der Waals surface area (Å²) in [6.45, 7) is 11.0. The fourth-order valence-corrected chi connectivity index (χ4v) is 2.22. The van der Waals surface area contributed by atoms with Crippen LogP contribution in [0.25, 0.3) is 0 Å². The van der Waals surface area contributed by atoms with Crippen molar-refractivity contribution in [1.29, 1.82) is 0 Å². The Hall–Kier alpha value is -0.905. The number of pyridine rings is 1. The van der Waals surface area contributed by atoms with Gasteiger partial charge in [-0.25, -0.2) is 0 Å². The number of nitrogens with one attached hydrogen (secondary N) is 1. The van der Waals surface area contributed by atoms with Crippen molar-refractivity contribution in [2.24, 2.45) is 0 Å². The van der Waals surface area contributed by atoms with Crippen molar-refractivity contribution in [2.75, 3.05) is 7.05 Å². The summed E-state index contributed by atoms with van der Waals surface area (Å²) in [5.41, 5.74) is 2.54. The molecular formula is C14H23BN2O2. The van der Waals surface area contributed by atoms with Gasteiger partial charge in [0.1, 0.15) is 0 Å². The molecule has 1 fully saturated rings. The van der Waals surface area contributed by atoms with Crippen LogP contribution in [-0.4, -0.2) is 30.4 Å². The van der Waals surface area contributed by atoms with E-state index in [1.54, 1.807) is 0 Å². The van der Waals surface area contributed by atoms with Crippen LogP contribution in [0.5, 0.6) is 0 Å². The van der Waals surface area contributed by atoms with Crippen LogP contribution in [-0.2, 0) is 15.9 Å². The first kappa shape index (κ1) is 14.5. The summed E-state index contributed by atoms with van der Waals surface area (Å²) in [5, 5.41) is 3.14. The lowest BCUT2D eigenvalue weighted by molar-refractivity contribution is 0.00578. The Bertz CT molecular complexity index is 459. The molecule has 0 aromatic carbocycles. The summed E-state index contributed by atoms with van der Waals surface area (Å²) in [7, 11) is 1.57. The lowest BCUT2D eigenvalue weighted by atomic mass is 9.75. The number of rotatable bonds is 3. The van der Waals surface area contributed by atoms with Crippen molar-refractivity contribution >= 4 is 12.6 Å². The first-order valence-corrected chi connectivity index (χ1v) is 6.73. The van der Waals surface area contributed by atoms with Crippen molar-refractivity contribution in [2.45, 2.75) is 52.4 Å². The molecule has 1 aliphatic rings. The molecule has 1 aliphatic heterocycles. The lowest BCUT2D eigenvalue weighted by Crippen LogP contribution is -2.41. The molecule has 0 atom stereocenters. The van der Waals surface area contributed by atoms with Crippen LogP contribution in [0.1, 0.15) is 39.0 Å². The fraction of sp³-hybridized carbons (Fsp3) is 0.643. The Labute approximate surface area is 116 Å². The highest BCUT2D eigenvalue weighted by molar-refractivity contribution is 6.63. The van der Waals surface area contributed by atoms with E-state index in [1.165, 1.54) is 0 Å². The Morgan fingerprint density at radius 2 is 1.79 bits per heavy atom. The van der Waals surface area contributed by atoms with Crippen molar-refractivity contribution in [3.05, 3.63) is 23.5 Å². The van der Waals surface area contributed by atoms with Gasteiger partial charge in [-0.3, -0.25) is 4.98 Å². The van der Waals surface area contributed by atoms with Gasteiger partial charge in [0.2, 0.25) is 0 Å². The molecule has 0 bridgehead atoms. The van der Waals surface area contributed by atoms with E-state index in [1.807, 2.05) is 19.3 Å². The van der Waals surface area contributed by atoms with Crippen LogP contribution in [0.2, 0.25) is 0 Å². The predicted molar refractivity (Wildman–Crippen MR) is 77.5 cm³/mol. The molecule has 2 rings (SSSR count). The van der Waals surface area contributed by atoms with Crippen molar-refractivity contribution in [3.63, 3.8) is 0 Å². The highest BCUT2D eigenvalue weighted by Gasteiger charge is 2.52. The second-order valence-electron chi connectivity index (χ2n) is 6.11. The van der Waals surface area contributed by atoms with Crippen LogP contribution >= 0.6 is 0 Å². The first-order chi connectivity index (χ1) is 8.78. The highest BCUT2D eigenvalue weighted by atomic mass is 16.7. The summed E-state index contributed by atoms with van der Waals surface area (Å²) >= 11 is 0. The Kier molecular flexibility index (Phi) is 3.73. The third-order valence-electron chi connectivity index (χ3n) is 4.12. The van der Waals surface area contributed by atoms with Gasteiger partial charge in [0.15, 0.2) is 0 Å².